The molecule has 9 heteroatoms. The van der Waals surface area contributed by atoms with Gasteiger partial charge < -0.3 is 15.2 Å². The van der Waals surface area contributed by atoms with Crippen molar-refractivity contribution in [3.8, 4) is 0 Å². The molecule has 0 bridgehead atoms. The second kappa shape index (κ2) is 9.19. The Morgan fingerprint density at radius 1 is 1.36 bits per heavy atom. The summed E-state index contributed by atoms with van der Waals surface area (Å²) in [6.07, 6.45) is 6.14. The van der Waals surface area contributed by atoms with Gasteiger partial charge >= 0.3 is 5.69 Å². The van der Waals surface area contributed by atoms with Gasteiger partial charge in [-0.15, -0.1) is 0 Å². The highest BCUT2D eigenvalue weighted by atomic mass is 79.9. The van der Waals surface area contributed by atoms with Crippen LogP contribution in [0.3, 0.4) is 0 Å². The second-order valence-electron chi connectivity index (χ2n) is 7.68. The first-order valence-electron chi connectivity index (χ1n) is 10.5. The Hall–Kier alpha value is -3.46. The third-order valence-electron chi connectivity index (χ3n) is 5.64. The number of nitrogens with one attached hydrogen (secondary N) is 2. The zero-order chi connectivity index (χ0) is 23.7. The maximum atomic E-state index is 14.0. The zero-order valence-corrected chi connectivity index (χ0v) is 19.9. The molecule has 7 nitrogen and oxygen atoms in total. The minimum Gasteiger partial charge on any atom is -0.386 e. The standard InChI is InChI=1S/C24H23BrFN5O2/c1-4-18(25)23(17-13-30-10-6-8-15-7-5-9-16(17)24(15)30)29-14(2)28-21-12-22(31(32)33)19(26)11-20(21)27-3/h4-5,7,9,11-13,27-28H,2,6,8,10H2,1,3H3/b18-4+,29-23?. The Balaban J connectivity index is 1.77. The predicted molar refractivity (Wildman–Crippen MR) is 135 cm³/mol. The van der Waals surface area contributed by atoms with Crippen LogP contribution in [0.25, 0.3) is 10.9 Å². The Labute approximate surface area is 199 Å². The molecule has 170 valence electrons. The van der Waals surface area contributed by atoms with Crippen molar-refractivity contribution in [3.05, 3.63) is 86.5 Å². The van der Waals surface area contributed by atoms with E-state index in [9.17, 15) is 14.5 Å². The molecule has 0 radical (unpaired) electrons. The number of nitro groups is 1. The number of para-hydroxylation sites is 1. The molecule has 33 heavy (non-hydrogen) atoms. The van der Waals surface area contributed by atoms with Gasteiger partial charge in [-0.05, 0) is 41.3 Å². The SMILES string of the molecule is C=C(N=C(/C(Br)=C\C)c1cn2c3c(cccc13)CCC2)Nc1cc([N+](=O)[O-])c(F)cc1NC. The number of hydrogen-bond donors (Lipinski definition) is 2. The summed E-state index contributed by atoms with van der Waals surface area (Å²) >= 11 is 3.61. The number of allylic oxidation sites excluding steroid dienone is 2. The summed E-state index contributed by atoms with van der Waals surface area (Å²) in [5.41, 5.74) is 4.20. The molecule has 0 saturated heterocycles. The van der Waals surface area contributed by atoms with Gasteiger partial charge in [0, 0.05) is 47.4 Å². The van der Waals surface area contributed by atoms with Gasteiger partial charge in [0.05, 0.1) is 27.5 Å². The van der Waals surface area contributed by atoms with Crippen molar-refractivity contribution in [1.82, 2.24) is 4.57 Å². The highest BCUT2D eigenvalue weighted by molar-refractivity contribution is 9.12. The lowest BCUT2D eigenvalue weighted by atomic mass is 10.0. The van der Waals surface area contributed by atoms with Crippen LogP contribution in [0.15, 0.2) is 64.5 Å². The fourth-order valence-corrected chi connectivity index (χ4v) is 4.46. The van der Waals surface area contributed by atoms with Crippen LogP contribution in [0.4, 0.5) is 21.5 Å². The van der Waals surface area contributed by atoms with Crippen LogP contribution in [0, 0.1) is 15.9 Å². The molecule has 0 unspecified atom stereocenters. The largest absolute Gasteiger partial charge is 0.386 e. The third kappa shape index (κ3) is 4.28. The summed E-state index contributed by atoms with van der Waals surface area (Å²) in [4.78, 5) is 15.2. The monoisotopic (exact) mass is 511 g/mol. The third-order valence-corrected chi connectivity index (χ3v) is 6.47. The molecule has 0 atom stereocenters. The van der Waals surface area contributed by atoms with E-state index in [1.807, 2.05) is 13.0 Å². The quantitative estimate of drug-likeness (QED) is 0.220. The number of nitrogens with zero attached hydrogens (tertiary/aromatic N) is 3. The van der Waals surface area contributed by atoms with Gasteiger partial charge in [-0.3, -0.25) is 10.1 Å². The average molecular weight is 512 g/mol. The van der Waals surface area contributed by atoms with Crippen LogP contribution < -0.4 is 10.6 Å². The van der Waals surface area contributed by atoms with E-state index in [0.717, 1.165) is 47.0 Å². The van der Waals surface area contributed by atoms with Gasteiger partial charge in [0.15, 0.2) is 0 Å². The van der Waals surface area contributed by atoms with Crippen LogP contribution in [0.5, 0.6) is 0 Å². The highest BCUT2D eigenvalue weighted by Gasteiger charge is 2.21. The molecule has 1 aliphatic rings. The van der Waals surface area contributed by atoms with Gasteiger partial charge in [-0.2, -0.15) is 4.39 Å². The first-order valence-corrected chi connectivity index (χ1v) is 11.3. The van der Waals surface area contributed by atoms with E-state index >= 15 is 0 Å². The predicted octanol–water partition coefficient (Wildman–Crippen LogP) is 6.35. The molecule has 0 amide bonds. The number of anilines is 2. The topological polar surface area (TPSA) is 84.5 Å². The number of aryl methyl sites for hydroxylation is 2. The zero-order valence-electron chi connectivity index (χ0n) is 18.3. The maximum Gasteiger partial charge on any atom is 0.307 e. The molecular weight excluding hydrogens is 489 g/mol. The minimum absolute atomic E-state index is 0.258. The fraction of sp³-hybridized carbons (Fsp3) is 0.208. The summed E-state index contributed by atoms with van der Waals surface area (Å²) in [5.74, 6) is -0.663. The Morgan fingerprint density at radius 3 is 2.85 bits per heavy atom. The number of benzene rings is 2. The number of halogens is 2. The molecule has 0 fully saturated rings. The number of aliphatic imine (C=N–C) groups is 1. The number of hydrogen-bond acceptors (Lipinski definition) is 5. The van der Waals surface area contributed by atoms with Crippen molar-refractivity contribution in [3.63, 3.8) is 0 Å². The number of aromatic nitrogens is 1. The van der Waals surface area contributed by atoms with Crippen molar-refractivity contribution in [1.29, 1.82) is 0 Å². The van der Waals surface area contributed by atoms with E-state index < -0.39 is 16.4 Å². The van der Waals surface area contributed by atoms with E-state index in [-0.39, 0.29) is 5.82 Å². The fourth-order valence-electron chi connectivity index (χ4n) is 4.15. The average Bonchev–Trinajstić information content (AvgIpc) is 3.18. The molecule has 4 rings (SSSR count). The van der Waals surface area contributed by atoms with Crippen molar-refractivity contribution in [2.75, 3.05) is 17.7 Å². The summed E-state index contributed by atoms with van der Waals surface area (Å²) < 4.78 is 17.1. The van der Waals surface area contributed by atoms with Gasteiger partial charge in [0.1, 0.15) is 5.82 Å². The van der Waals surface area contributed by atoms with Crippen molar-refractivity contribution < 1.29 is 9.31 Å². The van der Waals surface area contributed by atoms with Crippen molar-refractivity contribution in [2.24, 2.45) is 4.99 Å². The van der Waals surface area contributed by atoms with Crippen LogP contribution in [0.2, 0.25) is 0 Å². The molecule has 1 aromatic heterocycles. The first-order chi connectivity index (χ1) is 15.8. The summed E-state index contributed by atoms with van der Waals surface area (Å²) in [7, 11) is 1.60. The van der Waals surface area contributed by atoms with Crippen LogP contribution in [0.1, 0.15) is 24.5 Å². The van der Waals surface area contributed by atoms with E-state index in [1.165, 1.54) is 11.1 Å². The summed E-state index contributed by atoms with van der Waals surface area (Å²) in [6, 6.07) is 8.50. The lowest BCUT2D eigenvalue weighted by Gasteiger charge is -2.14. The second-order valence-corrected chi connectivity index (χ2v) is 8.53. The smallest absolute Gasteiger partial charge is 0.307 e. The lowest BCUT2D eigenvalue weighted by Crippen LogP contribution is -2.07. The van der Waals surface area contributed by atoms with Crippen LogP contribution in [-0.4, -0.2) is 22.2 Å². The van der Waals surface area contributed by atoms with Gasteiger partial charge in [0.2, 0.25) is 5.82 Å². The minimum atomic E-state index is -0.921. The molecular formula is C24H23BrFN5O2. The highest BCUT2D eigenvalue weighted by Crippen LogP contribution is 2.33. The molecule has 2 N–H and O–H groups in total. The van der Waals surface area contributed by atoms with Crippen molar-refractivity contribution in [2.45, 2.75) is 26.3 Å². The Bertz CT molecular complexity index is 1340. The molecule has 3 aromatic rings. The van der Waals surface area contributed by atoms with Gasteiger partial charge in [-0.25, -0.2) is 4.99 Å². The molecule has 2 heterocycles. The molecule has 0 spiro atoms. The lowest BCUT2D eigenvalue weighted by molar-refractivity contribution is -0.387. The summed E-state index contributed by atoms with van der Waals surface area (Å²) in [6.45, 7) is 6.84. The summed E-state index contributed by atoms with van der Waals surface area (Å²) in [5, 5.41) is 18.1. The normalized spacial score (nSPS) is 13.8. The van der Waals surface area contributed by atoms with E-state index in [0.29, 0.717) is 17.1 Å². The molecule has 0 aliphatic carbocycles. The Morgan fingerprint density at radius 2 is 2.15 bits per heavy atom. The van der Waals surface area contributed by atoms with Gasteiger partial charge in [0.25, 0.3) is 0 Å². The van der Waals surface area contributed by atoms with Crippen molar-refractivity contribution >= 4 is 49.6 Å². The molecule has 1 aliphatic heterocycles. The Kier molecular flexibility index (Phi) is 6.33. The number of nitro benzene ring substituents is 1. The molecule has 2 aromatic carbocycles. The van der Waals surface area contributed by atoms with Gasteiger partial charge in [-0.1, -0.05) is 30.9 Å². The van der Waals surface area contributed by atoms with Crippen LogP contribution in [-0.2, 0) is 13.0 Å². The van der Waals surface area contributed by atoms with E-state index in [4.69, 9.17) is 4.99 Å². The number of rotatable bonds is 7. The first kappa shape index (κ1) is 22.7. The molecule has 0 saturated carbocycles. The van der Waals surface area contributed by atoms with Crippen LogP contribution >= 0.6 is 15.9 Å². The van der Waals surface area contributed by atoms with E-state index in [1.54, 1.807) is 7.05 Å². The van der Waals surface area contributed by atoms with E-state index in [2.05, 4.69) is 62.1 Å². The maximum absolute atomic E-state index is 14.0.